The monoisotopic (exact) mass is 520 g/mol. The number of nitrogens with one attached hydrogen (secondary N) is 1. The van der Waals surface area contributed by atoms with E-state index in [1.165, 1.54) is 18.3 Å². The molecule has 1 aromatic heterocycles. The van der Waals surface area contributed by atoms with Crippen molar-refractivity contribution in [3.05, 3.63) is 54.2 Å². The van der Waals surface area contributed by atoms with Crippen molar-refractivity contribution >= 4 is 62.2 Å². The van der Waals surface area contributed by atoms with Crippen molar-refractivity contribution in [2.45, 2.75) is 0 Å². The number of hydrazone groups is 1. The lowest BCUT2D eigenvalue weighted by atomic mass is 10.2. The van der Waals surface area contributed by atoms with E-state index in [2.05, 4.69) is 31.4 Å². The number of nitro groups is 1. The Hall–Kier alpha value is -2.28. The van der Waals surface area contributed by atoms with E-state index in [0.29, 0.717) is 19.6 Å². The number of carbonyl (C=O) groups is 1. The van der Waals surface area contributed by atoms with Crippen LogP contribution in [0.2, 0.25) is 0 Å². The van der Waals surface area contributed by atoms with Crippen molar-refractivity contribution in [2.75, 3.05) is 12.0 Å². The number of aliphatic carboxylic acids is 1. The number of carboxylic acid groups (broad SMARTS) is 1. The highest BCUT2D eigenvalue weighted by Gasteiger charge is 2.10. The lowest BCUT2D eigenvalue weighted by Gasteiger charge is -2.09. The van der Waals surface area contributed by atoms with Crippen molar-refractivity contribution in [3.8, 4) is 5.75 Å². The molecule has 0 fully saturated rings. The van der Waals surface area contributed by atoms with Crippen molar-refractivity contribution in [1.29, 1.82) is 0 Å². The van der Waals surface area contributed by atoms with Crippen LogP contribution in [0.15, 0.2) is 40.0 Å². The van der Waals surface area contributed by atoms with Gasteiger partial charge in [-0.1, -0.05) is 0 Å². The fourth-order valence-corrected chi connectivity index (χ4v) is 3.43. The molecule has 2 rings (SSSR count). The summed E-state index contributed by atoms with van der Waals surface area (Å²) in [5.41, 5.74) is 3.29. The fourth-order valence-electron chi connectivity index (χ4n) is 1.66. The van der Waals surface area contributed by atoms with E-state index in [-0.39, 0.29) is 5.69 Å². The van der Waals surface area contributed by atoms with Gasteiger partial charge in [0, 0.05) is 6.07 Å². The van der Waals surface area contributed by atoms with Gasteiger partial charge in [-0.2, -0.15) is 5.10 Å². The SMILES string of the molecule is O=C(O)COc1c(Br)cc(/C=N/Nc2ccc([N+](=O)[O-])cn2)cc1I. The third-order valence-electron chi connectivity index (χ3n) is 2.71. The van der Waals surface area contributed by atoms with Crippen molar-refractivity contribution in [1.82, 2.24) is 4.98 Å². The van der Waals surface area contributed by atoms with Crippen LogP contribution in [0.25, 0.3) is 0 Å². The van der Waals surface area contributed by atoms with E-state index in [1.54, 1.807) is 12.1 Å². The summed E-state index contributed by atoms with van der Waals surface area (Å²) >= 11 is 5.35. The number of ether oxygens (including phenoxy) is 1. The summed E-state index contributed by atoms with van der Waals surface area (Å²) in [6, 6.07) is 6.24. The van der Waals surface area contributed by atoms with Gasteiger partial charge in [0.25, 0.3) is 5.69 Å². The molecule has 1 heterocycles. The van der Waals surface area contributed by atoms with Gasteiger partial charge in [-0.25, -0.2) is 9.78 Å². The second kappa shape index (κ2) is 8.71. The minimum Gasteiger partial charge on any atom is -0.480 e. The normalized spacial score (nSPS) is 10.6. The summed E-state index contributed by atoms with van der Waals surface area (Å²) in [6.07, 6.45) is 2.66. The highest BCUT2D eigenvalue weighted by Crippen LogP contribution is 2.31. The zero-order chi connectivity index (χ0) is 18.4. The van der Waals surface area contributed by atoms with Gasteiger partial charge >= 0.3 is 5.97 Å². The Morgan fingerprint density at radius 2 is 2.28 bits per heavy atom. The molecule has 0 aliphatic rings. The van der Waals surface area contributed by atoms with Crippen LogP contribution >= 0.6 is 38.5 Å². The molecule has 0 saturated heterocycles. The molecule has 25 heavy (non-hydrogen) atoms. The predicted octanol–water partition coefficient (Wildman–Crippen LogP) is 3.27. The first-order valence-electron chi connectivity index (χ1n) is 6.60. The molecule has 0 amide bonds. The zero-order valence-electron chi connectivity index (χ0n) is 12.3. The summed E-state index contributed by atoms with van der Waals surface area (Å²) in [7, 11) is 0. The summed E-state index contributed by atoms with van der Waals surface area (Å²) in [5.74, 6) is -0.268. The summed E-state index contributed by atoms with van der Waals surface area (Å²) < 4.78 is 6.51. The summed E-state index contributed by atoms with van der Waals surface area (Å²) in [5, 5.41) is 23.2. The molecule has 1 aromatic carbocycles. The van der Waals surface area contributed by atoms with Crippen LogP contribution in [0.5, 0.6) is 5.75 Å². The molecule has 2 N–H and O–H groups in total. The van der Waals surface area contributed by atoms with Crippen molar-refractivity contribution in [3.63, 3.8) is 0 Å². The van der Waals surface area contributed by atoms with Crippen LogP contribution in [-0.4, -0.2) is 33.8 Å². The maximum absolute atomic E-state index is 10.6. The Morgan fingerprint density at radius 1 is 1.52 bits per heavy atom. The first-order valence-corrected chi connectivity index (χ1v) is 8.47. The van der Waals surface area contributed by atoms with E-state index in [0.717, 1.165) is 11.8 Å². The number of aromatic nitrogens is 1. The Kier molecular flexibility index (Phi) is 6.64. The van der Waals surface area contributed by atoms with Crippen molar-refractivity contribution in [2.24, 2.45) is 5.10 Å². The number of nitrogens with zero attached hydrogens (tertiary/aromatic N) is 3. The van der Waals surface area contributed by atoms with E-state index < -0.39 is 17.5 Å². The number of anilines is 1. The lowest BCUT2D eigenvalue weighted by Crippen LogP contribution is -2.10. The molecule has 0 bridgehead atoms. The number of rotatable bonds is 7. The molecule has 9 nitrogen and oxygen atoms in total. The smallest absolute Gasteiger partial charge is 0.341 e. The number of pyridine rings is 1. The minimum absolute atomic E-state index is 0.107. The van der Waals surface area contributed by atoms with Crippen LogP contribution in [0.1, 0.15) is 5.56 Å². The molecule has 0 radical (unpaired) electrons. The molecule has 0 saturated carbocycles. The van der Waals surface area contributed by atoms with Crippen molar-refractivity contribution < 1.29 is 19.6 Å². The molecular formula is C14H10BrIN4O5. The van der Waals surface area contributed by atoms with E-state index in [9.17, 15) is 14.9 Å². The minimum atomic E-state index is -1.06. The molecule has 11 heteroatoms. The van der Waals surface area contributed by atoms with Crippen LogP contribution in [0.3, 0.4) is 0 Å². The highest BCUT2D eigenvalue weighted by atomic mass is 127. The zero-order valence-corrected chi connectivity index (χ0v) is 16.1. The predicted molar refractivity (Wildman–Crippen MR) is 102 cm³/mol. The maximum atomic E-state index is 10.6. The van der Waals surface area contributed by atoms with Gasteiger partial charge in [-0.05, 0) is 62.3 Å². The van der Waals surface area contributed by atoms with Crippen LogP contribution in [-0.2, 0) is 4.79 Å². The number of hydrogen-bond acceptors (Lipinski definition) is 7. The molecule has 0 aliphatic carbocycles. The molecule has 0 spiro atoms. The van der Waals surface area contributed by atoms with Gasteiger partial charge in [0.1, 0.15) is 17.8 Å². The van der Waals surface area contributed by atoms with Crippen LogP contribution in [0.4, 0.5) is 11.5 Å². The van der Waals surface area contributed by atoms with Gasteiger partial charge in [0.05, 0.1) is 19.2 Å². The first kappa shape index (κ1) is 19.1. The number of carboxylic acids is 1. The van der Waals surface area contributed by atoms with Gasteiger partial charge < -0.3 is 9.84 Å². The largest absolute Gasteiger partial charge is 0.480 e. The Balaban J connectivity index is 2.05. The number of halogens is 2. The van der Waals surface area contributed by atoms with Gasteiger partial charge in [-0.15, -0.1) is 0 Å². The molecule has 0 unspecified atom stereocenters. The first-order chi connectivity index (χ1) is 11.9. The molecule has 0 aliphatic heterocycles. The third kappa shape index (κ3) is 5.63. The lowest BCUT2D eigenvalue weighted by molar-refractivity contribution is -0.385. The van der Waals surface area contributed by atoms with E-state index >= 15 is 0 Å². The molecule has 0 atom stereocenters. The number of hydrogen-bond donors (Lipinski definition) is 2. The van der Waals surface area contributed by atoms with Crippen LogP contribution < -0.4 is 10.2 Å². The third-order valence-corrected chi connectivity index (χ3v) is 4.10. The topological polar surface area (TPSA) is 127 Å². The van der Waals surface area contributed by atoms with Crippen LogP contribution in [0, 0.1) is 13.7 Å². The van der Waals surface area contributed by atoms with E-state index in [4.69, 9.17) is 9.84 Å². The Bertz CT molecular complexity index is 805. The number of benzene rings is 1. The average Bonchev–Trinajstić information content (AvgIpc) is 2.54. The molecular weight excluding hydrogens is 511 g/mol. The quantitative estimate of drug-likeness (QED) is 0.248. The standard InChI is InChI=1S/C14H10BrIN4O5/c15-10-3-8(4-11(16)14(10)25-7-13(21)22)5-18-19-12-2-1-9(6-17-12)20(23)24/h1-6H,7H2,(H,17,19)(H,21,22)/b18-5+. The van der Waals surface area contributed by atoms with Gasteiger partial charge in [0.15, 0.2) is 6.61 Å². The Labute approximate surface area is 163 Å². The van der Waals surface area contributed by atoms with Gasteiger partial charge in [-0.3, -0.25) is 15.5 Å². The van der Waals surface area contributed by atoms with Gasteiger partial charge in [0.2, 0.25) is 0 Å². The highest BCUT2D eigenvalue weighted by molar-refractivity contribution is 14.1. The molecule has 130 valence electrons. The summed E-state index contributed by atoms with van der Waals surface area (Å²) in [6.45, 7) is -0.435. The Morgan fingerprint density at radius 3 is 2.84 bits per heavy atom. The summed E-state index contributed by atoms with van der Waals surface area (Å²) in [4.78, 5) is 24.5. The molecule has 2 aromatic rings. The van der Waals surface area contributed by atoms with E-state index in [1.807, 2.05) is 22.6 Å². The second-order valence-electron chi connectivity index (χ2n) is 4.52. The fraction of sp³-hybridized carbons (Fsp3) is 0.0714. The average molecular weight is 521 g/mol. The second-order valence-corrected chi connectivity index (χ2v) is 6.54. The maximum Gasteiger partial charge on any atom is 0.341 e.